The molecule has 3 aromatic heterocycles. The Morgan fingerprint density at radius 3 is 2.67 bits per heavy atom. The minimum Gasteiger partial charge on any atom is -0.348 e. The summed E-state index contributed by atoms with van der Waals surface area (Å²) in [6, 6.07) is 1.80. The summed E-state index contributed by atoms with van der Waals surface area (Å²) >= 11 is 0. The summed E-state index contributed by atoms with van der Waals surface area (Å²) in [6.07, 6.45) is 0.212. The first-order valence-corrected chi connectivity index (χ1v) is 10.3. The van der Waals surface area contributed by atoms with Gasteiger partial charge in [0.05, 0.1) is 24.5 Å². The second kappa shape index (κ2) is 8.34. The van der Waals surface area contributed by atoms with Crippen LogP contribution >= 0.6 is 0 Å². The first kappa shape index (κ1) is 22.5. The molecule has 33 heavy (non-hydrogen) atoms. The molecule has 0 saturated carbocycles. The number of likely N-dealkylation sites (N-methyl/N-ethyl adjacent to an activating group) is 1. The number of aromatic nitrogens is 5. The van der Waals surface area contributed by atoms with E-state index in [0.29, 0.717) is 28.7 Å². The van der Waals surface area contributed by atoms with Crippen molar-refractivity contribution in [2.24, 2.45) is 0 Å². The van der Waals surface area contributed by atoms with Gasteiger partial charge in [-0.05, 0) is 32.4 Å². The van der Waals surface area contributed by atoms with Crippen LogP contribution in [0.1, 0.15) is 42.4 Å². The van der Waals surface area contributed by atoms with Crippen molar-refractivity contribution in [3.8, 4) is 0 Å². The molecule has 2 atom stereocenters. The van der Waals surface area contributed by atoms with Gasteiger partial charge in [0.15, 0.2) is 5.82 Å². The SMILES string of the molecule is Cc1nc(NC(C)c2cnn(Cc3ccc(C(F)(F)F)nc3)c2)nc2c1NC(=O)[C@H](C)N2C. The minimum atomic E-state index is -4.46. The Labute approximate surface area is 188 Å². The molecular formula is C21H23F3N8O. The Bertz CT molecular complexity index is 1180. The summed E-state index contributed by atoms with van der Waals surface area (Å²) in [6.45, 7) is 5.81. The average Bonchev–Trinajstić information content (AvgIpc) is 3.21. The van der Waals surface area contributed by atoms with Crippen molar-refractivity contribution >= 4 is 23.4 Å². The molecule has 1 amide bonds. The summed E-state index contributed by atoms with van der Waals surface area (Å²) in [4.78, 5) is 26.4. The number of hydrogen-bond acceptors (Lipinski definition) is 7. The van der Waals surface area contributed by atoms with Crippen LogP contribution in [-0.2, 0) is 17.5 Å². The van der Waals surface area contributed by atoms with E-state index in [1.54, 1.807) is 35.8 Å². The number of nitrogens with zero attached hydrogens (tertiary/aromatic N) is 6. The molecule has 1 unspecified atom stereocenters. The number of pyridine rings is 1. The van der Waals surface area contributed by atoms with Gasteiger partial charge >= 0.3 is 6.18 Å². The first-order valence-electron chi connectivity index (χ1n) is 10.3. The van der Waals surface area contributed by atoms with E-state index in [-0.39, 0.29) is 24.5 Å². The van der Waals surface area contributed by atoms with Gasteiger partial charge in [-0.1, -0.05) is 6.07 Å². The number of anilines is 3. The van der Waals surface area contributed by atoms with Crippen LogP contribution in [0.15, 0.2) is 30.7 Å². The zero-order chi connectivity index (χ0) is 23.9. The topological polar surface area (TPSA) is 101 Å². The third-order valence-electron chi connectivity index (χ3n) is 5.57. The molecule has 4 heterocycles. The molecule has 1 aliphatic rings. The van der Waals surface area contributed by atoms with Crippen molar-refractivity contribution in [3.63, 3.8) is 0 Å². The summed E-state index contributed by atoms with van der Waals surface area (Å²) in [5, 5.41) is 10.4. The zero-order valence-electron chi connectivity index (χ0n) is 18.5. The zero-order valence-corrected chi connectivity index (χ0v) is 18.5. The number of amides is 1. The second-order valence-corrected chi connectivity index (χ2v) is 7.99. The Morgan fingerprint density at radius 1 is 1.24 bits per heavy atom. The Morgan fingerprint density at radius 2 is 2.00 bits per heavy atom. The third kappa shape index (κ3) is 4.59. The Balaban J connectivity index is 1.47. The number of hydrogen-bond donors (Lipinski definition) is 2. The van der Waals surface area contributed by atoms with Gasteiger partial charge in [-0.3, -0.25) is 14.5 Å². The van der Waals surface area contributed by atoms with Crippen LogP contribution in [0.4, 0.5) is 30.6 Å². The maximum Gasteiger partial charge on any atom is 0.433 e. The average molecular weight is 460 g/mol. The van der Waals surface area contributed by atoms with Gasteiger partial charge < -0.3 is 15.5 Å². The highest BCUT2D eigenvalue weighted by Gasteiger charge is 2.32. The predicted molar refractivity (Wildman–Crippen MR) is 116 cm³/mol. The molecule has 0 saturated heterocycles. The highest BCUT2D eigenvalue weighted by Crippen LogP contribution is 2.33. The quantitative estimate of drug-likeness (QED) is 0.602. The van der Waals surface area contributed by atoms with Gasteiger partial charge in [0.1, 0.15) is 17.4 Å². The molecule has 0 aliphatic carbocycles. The molecule has 2 N–H and O–H groups in total. The molecule has 4 rings (SSSR count). The Kier molecular flexibility index (Phi) is 5.68. The van der Waals surface area contributed by atoms with Crippen LogP contribution in [0, 0.1) is 6.92 Å². The number of fused-ring (bicyclic) bond motifs is 1. The summed E-state index contributed by atoms with van der Waals surface area (Å²) < 4.78 is 39.7. The molecule has 1 aliphatic heterocycles. The highest BCUT2D eigenvalue weighted by atomic mass is 19.4. The molecule has 9 nitrogen and oxygen atoms in total. The molecule has 12 heteroatoms. The summed E-state index contributed by atoms with van der Waals surface area (Å²) in [5.41, 5.74) is 1.77. The van der Waals surface area contributed by atoms with Crippen LogP contribution in [-0.4, -0.2) is 43.7 Å². The summed E-state index contributed by atoms with van der Waals surface area (Å²) in [5.74, 6) is 0.935. The fraction of sp³-hybridized carbons (Fsp3) is 0.381. The maximum absolute atomic E-state index is 12.7. The van der Waals surface area contributed by atoms with Gasteiger partial charge in [-0.2, -0.15) is 23.3 Å². The molecule has 0 aromatic carbocycles. The number of nitrogens with one attached hydrogen (secondary N) is 2. The number of halogens is 3. The van der Waals surface area contributed by atoms with Gasteiger partial charge in [-0.25, -0.2) is 4.98 Å². The smallest absolute Gasteiger partial charge is 0.348 e. The van der Waals surface area contributed by atoms with Crippen molar-refractivity contribution in [1.82, 2.24) is 24.7 Å². The van der Waals surface area contributed by atoms with E-state index in [9.17, 15) is 18.0 Å². The standard InChI is InChI=1S/C21H23F3N8O/c1-11(27-20-28-12(2)17-18(30-20)31(4)13(3)19(33)29-17)15-8-26-32(10-15)9-14-5-6-16(25-7-14)21(22,23)24/h5-8,10-11,13H,9H2,1-4H3,(H,29,33)(H,27,28,30)/t11?,13-/m0/s1. The third-order valence-corrected chi connectivity index (χ3v) is 5.57. The van der Waals surface area contributed by atoms with Gasteiger partial charge in [0.2, 0.25) is 11.9 Å². The Hall–Kier alpha value is -3.70. The van der Waals surface area contributed by atoms with Crippen molar-refractivity contribution in [2.45, 2.75) is 45.6 Å². The molecular weight excluding hydrogens is 437 g/mol. The van der Waals surface area contributed by atoms with Gasteiger partial charge in [0.25, 0.3) is 0 Å². The molecule has 0 radical (unpaired) electrons. The maximum atomic E-state index is 12.7. The number of carbonyl (C=O) groups excluding carboxylic acids is 1. The largest absolute Gasteiger partial charge is 0.433 e. The molecule has 174 valence electrons. The lowest BCUT2D eigenvalue weighted by atomic mass is 10.1. The second-order valence-electron chi connectivity index (χ2n) is 7.99. The van der Waals surface area contributed by atoms with E-state index in [2.05, 4.69) is 30.7 Å². The molecule has 3 aromatic rings. The van der Waals surface area contributed by atoms with Crippen LogP contribution < -0.4 is 15.5 Å². The minimum absolute atomic E-state index is 0.110. The normalized spacial score (nSPS) is 16.9. The van der Waals surface area contributed by atoms with Crippen molar-refractivity contribution in [3.05, 3.63) is 53.2 Å². The van der Waals surface area contributed by atoms with Gasteiger partial charge in [0, 0.05) is 25.0 Å². The summed E-state index contributed by atoms with van der Waals surface area (Å²) in [7, 11) is 1.81. The lowest BCUT2D eigenvalue weighted by Gasteiger charge is -2.32. The van der Waals surface area contributed by atoms with Gasteiger partial charge in [-0.15, -0.1) is 0 Å². The number of aryl methyl sites for hydroxylation is 1. The van der Waals surface area contributed by atoms with Crippen molar-refractivity contribution in [2.75, 3.05) is 22.6 Å². The van der Waals surface area contributed by atoms with E-state index < -0.39 is 11.9 Å². The van der Waals surface area contributed by atoms with E-state index in [1.165, 1.54) is 12.3 Å². The number of rotatable bonds is 5. The molecule has 0 bridgehead atoms. The highest BCUT2D eigenvalue weighted by molar-refractivity contribution is 6.03. The van der Waals surface area contributed by atoms with Crippen LogP contribution in [0.3, 0.4) is 0 Å². The lowest BCUT2D eigenvalue weighted by Crippen LogP contribution is -2.44. The molecule has 0 spiro atoms. The van der Waals surface area contributed by atoms with E-state index in [1.807, 2.05) is 14.0 Å². The molecule has 0 fully saturated rings. The van der Waals surface area contributed by atoms with Crippen molar-refractivity contribution in [1.29, 1.82) is 0 Å². The van der Waals surface area contributed by atoms with Crippen LogP contribution in [0.2, 0.25) is 0 Å². The van der Waals surface area contributed by atoms with E-state index in [4.69, 9.17) is 0 Å². The number of carbonyl (C=O) groups is 1. The monoisotopic (exact) mass is 460 g/mol. The predicted octanol–water partition coefficient (Wildman–Crippen LogP) is 3.39. The fourth-order valence-corrected chi connectivity index (χ4v) is 3.45. The first-order chi connectivity index (χ1) is 15.5. The van der Waals surface area contributed by atoms with Crippen LogP contribution in [0.25, 0.3) is 0 Å². The number of alkyl halides is 3. The van der Waals surface area contributed by atoms with Crippen molar-refractivity contribution < 1.29 is 18.0 Å². The van der Waals surface area contributed by atoms with E-state index in [0.717, 1.165) is 11.6 Å². The fourth-order valence-electron chi connectivity index (χ4n) is 3.45. The lowest BCUT2D eigenvalue weighted by molar-refractivity contribution is -0.141. The van der Waals surface area contributed by atoms with Crippen LogP contribution in [0.5, 0.6) is 0 Å². The van der Waals surface area contributed by atoms with E-state index >= 15 is 0 Å².